The van der Waals surface area contributed by atoms with E-state index < -0.39 is 11.9 Å². The summed E-state index contributed by atoms with van der Waals surface area (Å²) in [6.45, 7) is 9.05. The van der Waals surface area contributed by atoms with Crippen molar-refractivity contribution in [2.75, 3.05) is 19.8 Å². The summed E-state index contributed by atoms with van der Waals surface area (Å²) in [6, 6.07) is 5.47. The van der Waals surface area contributed by atoms with Crippen LogP contribution < -0.4 is 20.1 Å². The molecule has 7 nitrogen and oxygen atoms in total. The number of benzene rings is 1. The molecule has 0 saturated carbocycles. The van der Waals surface area contributed by atoms with Crippen molar-refractivity contribution in [2.24, 2.45) is 12.0 Å². The van der Waals surface area contributed by atoms with Crippen molar-refractivity contribution < 1.29 is 22.6 Å². The van der Waals surface area contributed by atoms with E-state index in [9.17, 15) is 13.2 Å². The average Bonchev–Trinajstić information content (AvgIpc) is 3.09. The molecule has 11 heteroatoms. The number of aromatic nitrogens is 2. The van der Waals surface area contributed by atoms with Gasteiger partial charge in [0.15, 0.2) is 23.2 Å². The van der Waals surface area contributed by atoms with E-state index >= 15 is 0 Å². The highest BCUT2D eigenvalue weighted by Crippen LogP contribution is 2.32. The van der Waals surface area contributed by atoms with Crippen LogP contribution in [0.2, 0.25) is 0 Å². The molecule has 0 aliphatic heterocycles. The molecular weight excluding hydrogens is 538 g/mol. The highest BCUT2D eigenvalue weighted by Gasteiger charge is 2.36. The fourth-order valence-corrected chi connectivity index (χ4v) is 3.00. The number of hydrogen-bond acceptors (Lipinski definition) is 4. The maximum Gasteiger partial charge on any atom is 0.435 e. The third-order valence-corrected chi connectivity index (χ3v) is 4.35. The first-order valence-electron chi connectivity index (χ1n) is 10.2. The Labute approximate surface area is 203 Å². The number of alkyl halides is 3. The lowest BCUT2D eigenvalue weighted by molar-refractivity contribution is -0.142. The standard InChI is InChI=1S/C21H30F3N5O2.HI/c1-6-25-20(26-12-16-13-29(5)28-19(16)21(22,23)24)27-14(4)15-9-10-17(30-7-2)18(11-15)31-8-3;/h9-11,13-14H,6-8,12H2,1-5H3,(H2,25,26,27);1H. The number of aryl methyl sites for hydroxylation is 1. The van der Waals surface area contributed by atoms with Crippen LogP contribution in [0, 0.1) is 0 Å². The van der Waals surface area contributed by atoms with E-state index in [0.29, 0.717) is 37.2 Å². The summed E-state index contributed by atoms with van der Waals surface area (Å²) >= 11 is 0. The van der Waals surface area contributed by atoms with Crippen LogP contribution in [0.5, 0.6) is 11.5 Å². The van der Waals surface area contributed by atoms with Crippen molar-refractivity contribution in [1.29, 1.82) is 0 Å². The number of guanidine groups is 1. The van der Waals surface area contributed by atoms with Crippen LogP contribution in [-0.2, 0) is 19.8 Å². The summed E-state index contributed by atoms with van der Waals surface area (Å²) in [4.78, 5) is 4.33. The summed E-state index contributed by atoms with van der Waals surface area (Å²) in [7, 11) is 1.45. The van der Waals surface area contributed by atoms with Gasteiger partial charge in [-0.25, -0.2) is 4.99 Å². The predicted octanol–water partition coefficient (Wildman–Crippen LogP) is 4.67. The van der Waals surface area contributed by atoms with Gasteiger partial charge in [0.05, 0.1) is 25.8 Å². The van der Waals surface area contributed by atoms with Crippen LogP contribution in [0.1, 0.15) is 50.6 Å². The summed E-state index contributed by atoms with van der Waals surface area (Å²) in [5.74, 6) is 1.71. The van der Waals surface area contributed by atoms with Gasteiger partial charge >= 0.3 is 6.18 Å². The summed E-state index contributed by atoms with van der Waals surface area (Å²) in [5.41, 5.74) is 0.0185. The fourth-order valence-electron chi connectivity index (χ4n) is 3.00. The Morgan fingerprint density at radius 3 is 2.41 bits per heavy atom. The monoisotopic (exact) mass is 569 g/mol. The molecule has 0 aliphatic rings. The molecular formula is C21H31F3IN5O2. The van der Waals surface area contributed by atoms with Gasteiger partial charge in [0.2, 0.25) is 0 Å². The minimum absolute atomic E-state index is 0. The molecule has 0 aliphatic carbocycles. The van der Waals surface area contributed by atoms with E-state index in [1.165, 1.54) is 13.2 Å². The third kappa shape index (κ3) is 7.75. The van der Waals surface area contributed by atoms with Gasteiger partial charge in [-0.2, -0.15) is 18.3 Å². The molecule has 180 valence electrons. The lowest BCUT2D eigenvalue weighted by Crippen LogP contribution is -2.38. The second-order valence-electron chi connectivity index (χ2n) is 6.81. The molecule has 1 aromatic heterocycles. The van der Waals surface area contributed by atoms with Crippen LogP contribution >= 0.6 is 24.0 Å². The molecule has 0 amide bonds. The van der Waals surface area contributed by atoms with E-state index in [1.54, 1.807) is 0 Å². The third-order valence-electron chi connectivity index (χ3n) is 4.35. The summed E-state index contributed by atoms with van der Waals surface area (Å²) in [5, 5.41) is 9.81. The number of aliphatic imine (C=N–C) groups is 1. The molecule has 0 bridgehead atoms. The zero-order valence-corrected chi connectivity index (χ0v) is 21.2. The number of nitrogens with one attached hydrogen (secondary N) is 2. The van der Waals surface area contributed by atoms with Crippen LogP contribution in [0.3, 0.4) is 0 Å². The first-order chi connectivity index (χ1) is 14.7. The normalized spacial score (nSPS) is 12.7. The Bertz CT molecular complexity index is 887. The van der Waals surface area contributed by atoms with Crippen molar-refractivity contribution >= 4 is 29.9 Å². The second kappa shape index (κ2) is 12.8. The molecule has 2 N–H and O–H groups in total. The number of nitrogens with zero attached hydrogens (tertiary/aromatic N) is 3. The Hall–Kier alpha value is -2.18. The molecule has 2 rings (SSSR count). The minimum atomic E-state index is -4.52. The van der Waals surface area contributed by atoms with Crippen molar-refractivity contribution in [3.63, 3.8) is 0 Å². The lowest BCUT2D eigenvalue weighted by atomic mass is 10.1. The first kappa shape index (κ1) is 27.9. The molecule has 0 radical (unpaired) electrons. The Balaban J connectivity index is 0.00000512. The van der Waals surface area contributed by atoms with Gasteiger partial charge in [-0.3, -0.25) is 4.68 Å². The van der Waals surface area contributed by atoms with Crippen molar-refractivity contribution in [3.8, 4) is 11.5 Å². The van der Waals surface area contributed by atoms with E-state index in [1.807, 2.05) is 45.9 Å². The zero-order valence-electron chi connectivity index (χ0n) is 18.9. The van der Waals surface area contributed by atoms with E-state index in [0.717, 1.165) is 10.2 Å². The zero-order chi connectivity index (χ0) is 23.0. The van der Waals surface area contributed by atoms with Crippen LogP contribution in [-0.4, -0.2) is 35.5 Å². The van der Waals surface area contributed by atoms with Crippen LogP contribution in [0.15, 0.2) is 29.4 Å². The minimum Gasteiger partial charge on any atom is -0.490 e. The van der Waals surface area contributed by atoms with Crippen LogP contribution in [0.4, 0.5) is 13.2 Å². The first-order valence-corrected chi connectivity index (χ1v) is 10.2. The lowest BCUT2D eigenvalue weighted by Gasteiger charge is -2.20. The van der Waals surface area contributed by atoms with Crippen molar-refractivity contribution in [3.05, 3.63) is 41.2 Å². The summed E-state index contributed by atoms with van der Waals surface area (Å²) in [6.07, 6.45) is -3.19. The number of rotatable bonds is 9. The van der Waals surface area contributed by atoms with Gasteiger partial charge in [-0.15, -0.1) is 24.0 Å². The maximum absolute atomic E-state index is 13.2. The van der Waals surface area contributed by atoms with Gasteiger partial charge in [0, 0.05) is 25.4 Å². The maximum atomic E-state index is 13.2. The van der Waals surface area contributed by atoms with E-state index in [-0.39, 0.29) is 42.1 Å². The molecule has 0 saturated heterocycles. The number of ether oxygens (including phenoxy) is 2. The highest BCUT2D eigenvalue weighted by molar-refractivity contribution is 14.0. The Kier molecular flexibility index (Phi) is 11.1. The van der Waals surface area contributed by atoms with Gasteiger partial charge in [0.25, 0.3) is 0 Å². The van der Waals surface area contributed by atoms with Gasteiger partial charge in [0.1, 0.15) is 0 Å². The molecule has 1 unspecified atom stereocenters. The SMILES string of the molecule is CCNC(=NCc1cn(C)nc1C(F)(F)F)NC(C)c1ccc(OCC)c(OCC)c1.I. The second-order valence-corrected chi connectivity index (χ2v) is 6.81. The molecule has 0 fully saturated rings. The highest BCUT2D eigenvalue weighted by atomic mass is 127. The topological polar surface area (TPSA) is 72.7 Å². The molecule has 1 aromatic carbocycles. The largest absolute Gasteiger partial charge is 0.490 e. The van der Waals surface area contributed by atoms with E-state index in [4.69, 9.17) is 9.47 Å². The fraction of sp³-hybridized carbons (Fsp3) is 0.524. The smallest absolute Gasteiger partial charge is 0.435 e. The van der Waals surface area contributed by atoms with Gasteiger partial charge in [-0.1, -0.05) is 6.07 Å². The Morgan fingerprint density at radius 1 is 1.16 bits per heavy atom. The molecule has 0 spiro atoms. The molecule has 32 heavy (non-hydrogen) atoms. The number of halogens is 4. The van der Waals surface area contributed by atoms with Crippen molar-refractivity contribution in [2.45, 2.75) is 46.5 Å². The Morgan fingerprint density at radius 2 is 1.81 bits per heavy atom. The van der Waals surface area contributed by atoms with Crippen LogP contribution in [0.25, 0.3) is 0 Å². The molecule has 1 atom stereocenters. The molecule has 2 aromatic rings. The van der Waals surface area contributed by atoms with Gasteiger partial charge < -0.3 is 20.1 Å². The summed E-state index contributed by atoms with van der Waals surface area (Å²) < 4.78 is 51.9. The van der Waals surface area contributed by atoms with Gasteiger partial charge in [-0.05, 0) is 45.4 Å². The van der Waals surface area contributed by atoms with Crippen molar-refractivity contribution in [1.82, 2.24) is 20.4 Å². The van der Waals surface area contributed by atoms with E-state index in [2.05, 4.69) is 20.7 Å². The average molecular weight is 569 g/mol. The predicted molar refractivity (Wildman–Crippen MR) is 129 cm³/mol. The quantitative estimate of drug-likeness (QED) is 0.261. The number of hydrogen-bond donors (Lipinski definition) is 2. The molecule has 1 heterocycles.